The fraction of sp³-hybridized carbons (Fsp3) is 0.809. The Labute approximate surface area is 367 Å². The SMILES string of the molecule is CC[C@@H](C(=O)C1([C@H](CC(=O)O)O[SiH2]C(C)(C)C(C)C)CCC1)[C@H](O[SiH2]C(C)(C)C(C)C)[C@@H](C)CCC/C(C)=C\C[C@H](O[SiH2]C(C)(C)C(C)C)/C(C)=C/c1csc(C)n1. The van der Waals surface area contributed by atoms with Crippen molar-refractivity contribution in [3.05, 3.63) is 33.3 Å². The van der Waals surface area contributed by atoms with E-state index >= 15 is 4.79 Å². The lowest BCUT2D eigenvalue weighted by atomic mass is 9.58. The van der Waals surface area contributed by atoms with Crippen LogP contribution in [0.3, 0.4) is 0 Å². The molecule has 1 aliphatic carbocycles. The molecule has 1 N–H and O–H groups in total. The van der Waals surface area contributed by atoms with Crippen molar-refractivity contribution in [3.8, 4) is 0 Å². The van der Waals surface area contributed by atoms with Crippen LogP contribution in [0.25, 0.3) is 6.08 Å². The molecule has 0 radical (unpaired) electrons. The Morgan fingerprint density at radius 3 is 1.88 bits per heavy atom. The molecule has 1 heterocycles. The summed E-state index contributed by atoms with van der Waals surface area (Å²) in [5.41, 5.74) is 2.86. The molecule has 0 unspecified atom stereocenters. The fourth-order valence-electron chi connectivity index (χ4n) is 7.35. The van der Waals surface area contributed by atoms with Gasteiger partial charge in [0.15, 0.2) is 29.3 Å². The lowest BCUT2D eigenvalue weighted by molar-refractivity contribution is -0.156. The summed E-state index contributed by atoms with van der Waals surface area (Å²) < 4.78 is 20.6. The highest BCUT2D eigenvalue weighted by atomic mass is 32.1. The Balaban J connectivity index is 2.32. The smallest absolute Gasteiger partial charge is 0.305 e. The van der Waals surface area contributed by atoms with Gasteiger partial charge in [0.1, 0.15) is 5.78 Å². The lowest BCUT2D eigenvalue weighted by Gasteiger charge is -2.49. The zero-order chi connectivity index (χ0) is 44.2. The quantitative estimate of drug-likeness (QED) is 0.0662. The van der Waals surface area contributed by atoms with Crippen LogP contribution >= 0.6 is 11.3 Å². The predicted octanol–water partition coefficient (Wildman–Crippen LogP) is 11.2. The zero-order valence-corrected chi connectivity index (χ0v) is 45.2. The van der Waals surface area contributed by atoms with Gasteiger partial charge in [0.25, 0.3) is 0 Å². The van der Waals surface area contributed by atoms with Crippen molar-refractivity contribution in [2.45, 2.75) is 209 Å². The second-order valence-corrected chi connectivity index (χ2v) is 29.5. The van der Waals surface area contributed by atoms with Crippen LogP contribution in [0, 0.1) is 41.9 Å². The van der Waals surface area contributed by atoms with Gasteiger partial charge in [0.2, 0.25) is 0 Å². The monoisotopic (exact) mass is 878 g/mol. The molecule has 334 valence electrons. The molecule has 1 aromatic heterocycles. The van der Waals surface area contributed by atoms with Gasteiger partial charge in [-0.25, -0.2) is 4.98 Å². The van der Waals surface area contributed by atoms with Crippen molar-refractivity contribution >= 4 is 58.5 Å². The van der Waals surface area contributed by atoms with Crippen LogP contribution in [0.4, 0.5) is 0 Å². The van der Waals surface area contributed by atoms with E-state index in [1.807, 2.05) is 0 Å². The average molecular weight is 879 g/mol. The molecule has 0 aromatic carbocycles. The highest BCUT2D eigenvalue weighted by molar-refractivity contribution is 7.09. The molecule has 7 nitrogen and oxygen atoms in total. The van der Waals surface area contributed by atoms with E-state index in [9.17, 15) is 9.90 Å². The summed E-state index contributed by atoms with van der Waals surface area (Å²) in [5, 5.41) is 13.6. The number of rotatable bonds is 28. The maximum atomic E-state index is 15.1. The van der Waals surface area contributed by atoms with E-state index in [1.165, 1.54) is 11.1 Å². The average Bonchev–Trinajstić information content (AvgIpc) is 3.51. The molecule has 1 aliphatic rings. The number of allylic oxidation sites excluding steroid dienone is 1. The van der Waals surface area contributed by atoms with E-state index in [0.717, 1.165) is 42.8 Å². The van der Waals surface area contributed by atoms with Crippen molar-refractivity contribution in [1.82, 2.24) is 4.98 Å². The third-order valence-electron chi connectivity index (χ3n) is 14.5. The number of hydrogen-bond donors (Lipinski definition) is 1. The van der Waals surface area contributed by atoms with Crippen LogP contribution in [0.5, 0.6) is 0 Å². The second kappa shape index (κ2) is 23.3. The summed E-state index contributed by atoms with van der Waals surface area (Å²) in [6.07, 6.45) is 10.6. The number of hydrogen-bond acceptors (Lipinski definition) is 7. The molecule has 1 aromatic rings. The Morgan fingerprint density at radius 1 is 0.897 bits per heavy atom. The number of thiazole rings is 1. The standard InChI is InChI=1S/C47H87NO6SSi3/c1-18-38(43(51)47(25-20-26-47)40(28-41(49)50)53-57-45(14,15)31(4)5)42(54-58-46(16,17)32(6)7)34(9)22-19-21-33(8)23-24-39(52-56-44(12,13)30(2)3)35(10)27-37-29-55-36(11)48-37/h23,27,29-32,34,38-40,42H,18-22,24-26,28,56-58H2,1-17H3,(H,49,50)/b33-23-,35-27+/t34-,38+,39-,40-,42+/m0/s1. The number of aliphatic carboxylic acids is 1. The summed E-state index contributed by atoms with van der Waals surface area (Å²) >= 11 is 1.68. The minimum Gasteiger partial charge on any atom is -0.481 e. The number of aryl methyl sites for hydroxylation is 1. The van der Waals surface area contributed by atoms with Gasteiger partial charge in [-0.2, -0.15) is 0 Å². The van der Waals surface area contributed by atoms with Gasteiger partial charge in [0.05, 0.1) is 40.8 Å². The van der Waals surface area contributed by atoms with Crippen LogP contribution < -0.4 is 0 Å². The third-order valence-corrected chi connectivity index (χ3v) is 21.7. The summed E-state index contributed by atoms with van der Waals surface area (Å²) in [6.45, 7) is 38.2. The Bertz CT molecular complexity index is 1490. The van der Waals surface area contributed by atoms with E-state index < -0.39 is 46.8 Å². The number of nitrogens with zero attached hydrogens (tertiary/aromatic N) is 1. The van der Waals surface area contributed by atoms with Crippen LogP contribution in [0.1, 0.15) is 179 Å². The fourth-order valence-corrected chi connectivity index (χ4v) is 12.2. The molecule has 1 fully saturated rings. The minimum atomic E-state index is -1.11. The minimum absolute atomic E-state index is 0.00627. The van der Waals surface area contributed by atoms with Crippen LogP contribution in [-0.4, -0.2) is 69.4 Å². The molecule has 1 saturated carbocycles. The van der Waals surface area contributed by atoms with E-state index in [4.69, 9.17) is 13.3 Å². The first kappa shape index (κ1) is 52.9. The maximum Gasteiger partial charge on any atom is 0.305 e. The van der Waals surface area contributed by atoms with E-state index in [0.29, 0.717) is 37.0 Å². The molecular formula is C47H87NO6SSi3. The molecule has 0 saturated heterocycles. The second-order valence-electron chi connectivity index (χ2n) is 21.1. The summed E-state index contributed by atoms with van der Waals surface area (Å²) in [4.78, 5) is 32.0. The zero-order valence-electron chi connectivity index (χ0n) is 40.2. The molecule has 2 rings (SSSR count). The number of carbonyl (C=O) groups is 2. The Hall–Kier alpha value is -1.22. The molecular weight excluding hydrogens is 791 g/mol. The first-order valence-electron chi connectivity index (χ1n) is 22.7. The normalized spacial score (nSPS) is 19.0. The van der Waals surface area contributed by atoms with Gasteiger partial charge in [0, 0.05) is 11.3 Å². The van der Waals surface area contributed by atoms with E-state index in [1.54, 1.807) is 11.3 Å². The van der Waals surface area contributed by atoms with Crippen molar-refractivity contribution in [3.63, 3.8) is 0 Å². The number of ketones is 1. The Morgan fingerprint density at radius 2 is 1.43 bits per heavy atom. The van der Waals surface area contributed by atoms with Gasteiger partial charge in [-0.15, -0.1) is 11.3 Å². The number of carboxylic acid groups (broad SMARTS) is 1. The number of aromatic nitrogens is 1. The summed E-state index contributed by atoms with van der Waals surface area (Å²) in [7, 11) is -2.90. The molecule has 0 amide bonds. The topological polar surface area (TPSA) is 95.0 Å². The largest absolute Gasteiger partial charge is 0.481 e. The van der Waals surface area contributed by atoms with Crippen molar-refractivity contribution in [2.75, 3.05) is 0 Å². The molecule has 0 spiro atoms. The number of carboxylic acids is 1. The summed E-state index contributed by atoms with van der Waals surface area (Å²) in [6, 6.07) is 0. The first-order valence-corrected chi connectivity index (χ1v) is 27.4. The maximum absolute atomic E-state index is 15.1. The van der Waals surface area contributed by atoms with Crippen molar-refractivity contribution in [2.24, 2.45) is 35.0 Å². The molecule has 11 heteroatoms. The highest BCUT2D eigenvalue weighted by Crippen LogP contribution is 2.51. The van der Waals surface area contributed by atoms with Crippen LogP contribution in [0.2, 0.25) is 15.1 Å². The molecule has 58 heavy (non-hydrogen) atoms. The Kier molecular flexibility index (Phi) is 21.2. The number of Topliss-reactive ketones (excluding diaryl/α,β-unsaturated/α-hetero) is 1. The first-order chi connectivity index (χ1) is 26.8. The van der Waals surface area contributed by atoms with Crippen LogP contribution in [-0.2, 0) is 22.9 Å². The van der Waals surface area contributed by atoms with Crippen LogP contribution in [0.15, 0.2) is 22.6 Å². The van der Waals surface area contributed by atoms with Gasteiger partial charge in [-0.05, 0) is 116 Å². The lowest BCUT2D eigenvalue weighted by Crippen LogP contribution is -2.55. The van der Waals surface area contributed by atoms with Gasteiger partial charge in [-0.3, -0.25) is 9.59 Å². The predicted molar refractivity (Wildman–Crippen MR) is 256 cm³/mol. The van der Waals surface area contributed by atoms with Gasteiger partial charge >= 0.3 is 5.97 Å². The number of carbonyl (C=O) groups excluding carboxylic acids is 1. The van der Waals surface area contributed by atoms with E-state index in [2.05, 4.69) is 140 Å². The molecule has 0 aliphatic heterocycles. The third kappa shape index (κ3) is 15.6. The van der Waals surface area contributed by atoms with Crippen molar-refractivity contribution < 1.29 is 28.0 Å². The van der Waals surface area contributed by atoms with E-state index in [-0.39, 0.29) is 51.4 Å². The summed E-state index contributed by atoms with van der Waals surface area (Å²) in [5.74, 6) is 0.691. The van der Waals surface area contributed by atoms with Gasteiger partial charge < -0.3 is 18.4 Å². The molecule has 0 bridgehead atoms. The van der Waals surface area contributed by atoms with Gasteiger partial charge in [-0.1, -0.05) is 115 Å². The molecule has 5 atom stereocenters. The highest BCUT2D eigenvalue weighted by Gasteiger charge is 2.54. The van der Waals surface area contributed by atoms with Crippen molar-refractivity contribution in [1.29, 1.82) is 0 Å².